The van der Waals surface area contributed by atoms with Gasteiger partial charge >= 0.3 is 0 Å². The molecule has 0 N–H and O–H groups in total. The van der Waals surface area contributed by atoms with Gasteiger partial charge in [0.25, 0.3) is 0 Å². The number of hydrogen-bond acceptors (Lipinski definition) is 1. The summed E-state index contributed by atoms with van der Waals surface area (Å²) in [4.78, 5) is 2.62. The minimum Gasteiger partial charge on any atom is -0.303 e. The van der Waals surface area contributed by atoms with Gasteiger partial charge in [-0.1, -0.05) is 53.6 Å². The van der Waals surface area contributed by atoms with E-state index < -0.39 is 0 Å². The first-order valence-corrected chi connectivity index (χ1v) is 8.10. The van der Waals surface area contributed by atoms with E-state index in [0.717, 1.165) is 10.4 Å². The van der Waals surface area contributed by atoms with Crippen molar-refractivity contribution >= 4 is 22.0 Å². The molecule has 1 aromatic rings. The zero-order chi connectivity index (χ0) is 13.7. The van der Waals surface area contributed by atoms with Gasteiger partial charge in [0.15, 0.2) is 0 Å². The minimum absolute atomic E-state index is 0.775. The smallest absolute Gasteiger partial charge is 0.0175 e. The van der Waals surface area contributed by atoms with Gasteiger partial charge in [0, 0.05) is 17.6 Å². The monoisotopic (exact) mass is 321 g/mol. The van der Waals surface area contributed by atoms with Crippen LogP contribution in [-0.4, -0.2) is 24.5 Å². The molecule has 19 heavy (non-hydrogen) atoms. The summed E-state index contributed by atoms with van der Waals surface area (Å²) >= 11 is 3.49. The summed E-state index contributed by atoms with van der Waals surface area (Å²) in [6.07, 6.45) is 6.16. The number of hydrogen-bond donors (Lipinski definition) is 0. The van der Waals surface area contributed by atoms with Crippen LogP contribution in [0, 0.1) is 5.92 Å². The molecule has 0 unspecified atom stereocenters. The normalized spacial score (nSPS) is 19.9. The number of halogens is 1. The second-order valence-electron chi connectivity index (χ2n) is 5.90. The number of nitrogens with zero attached hydrogens (tertiary/aromatic N) is 1. The van der Waals surface area contributed by atoms with Gasteiger partial charge in [-0.3, -0.25) is 0 Å². The molecule has 1 fully saturated rings. The van der Waals surface area contributed by atoms with Gasteiger partial charge in [0.05, 0.1) is 0 Å². The Morgan fingerprint density at radius 2 is 1.89 bits per heavy atom. The SMILES string of the molecule is CC(C)CN1CCC/C(=C\c2ccc(Br)cc2)CC1. The van der Waals surface area contributed by atoms with Crippen molar-refractivity contribution in [2.24, 2.45) is 5.92 Å². The number of benzene rings is 1. The summed E-state index contributed by atoms with van der Waals surface area (Å²) in [6, 6.07) is 8.62. The highest BCUT2D eigenvalue weighted by molar-refractivity contribution is 9.10. The molecule has 1 saturated heterocycles. The summed E-state index contributed by atoms with van der Waals surface area (Å²) < 4.78 is 1.15. The molecule has 0 radical (unpaired) electrons. The molecule has 1 aliphatic rings. The quantitative estimate of drug-likeness (QED) is 0.759. The maximum Gasteiger partial charge on any atom is 0.0175 e. The van der Waals surface area contributed by atoms with E-state index in [1.807, 2.05) is 0 Å². The molecular formula is C17H24BrN. The van der Waals surface area contributed by atoms with Crippen LogP contribution in [0.1, 0.15) is 38.7 Å². The fourth-order valence-electron chi connectivity index (χ4n) is 2.71. The Morgan fingerprint density at radius 1 is 1.16 bits per heavy atom. The highest BCUT2D eigenvalue weighted by atomic mass is 79.9. The molecule has 0 amide bonds. The lowest BCUT2D eigenvalue weighted by molar-refractivity contribution is 0.255. The number of rotatable bonds is 3. The van der Waals surface area contributed by atoms with Crippen molar-refractivity contribution in [1.29, 1.82) is 0 Å². The molecule has 0 saturated carbocycles. The third kappa shape index (κ3) is 5.12. The first kappa shape index (κ1) is 14.8. The first-order chi connectivity index (χ1) is 9.13. The van der Waals surface area contributed by atoms with Crippen molar-refractivity contribution in [2.45, 2.75) is 33.1 Å². The molecule has 0 atom stereocenters. The van der Waals surface area contributed by atoms with Crippen molar-refractivity contribution < 1.29 is 0 Å². The molecule has 2 heteroatoms. The van der Waals surface area contributed by atoms with E-state index in [2.05, 4.69) is 65.0 Å². The third-order valence-electron chi connectivity index (χ3n) is 3.59. The standard InChI is InChI=1S/C17H24BrN/c1-14(2)13-19-10-3-4-15(9-11-19)12-16-5-7-17(18)8-6-16/h5-8,12,14H,3-4,9-11,13H2,1-2H3/b15-12+. The molecule has 0 aliphatic carbocycles. The minimum atomic E-state index is 0.775. The Hall–Kier alpha value is -0.600. The molecule has 1 aliphatic heterocycles. The number of likely N-dealkylation sites (tertiary alicyclic amines) is 1. The Morgan fingerprint density at radius 3 is 2.58 bits per heavy atom. The molecule has 104 valence electrons. The van der Waals surface area contributed by atoms with E-state index in [-0.39, 0.29) is 0 Å². The van der Waals surface area contributed by atoms with Crippen molar-refractivity contribution in [1.82, 2.24) is 4.90 Å². The van der Waals surface area contributed by atoms with E-state index in [1.165, 1.54) is 44.5 Å². The Balaban J connectivity index is 1.96. The topological polar surface area (TPSA) is 3.24 Å². The maximum atomic E-state index is 3.49. The van der Waals surface area contributed by atoms with Crippen LogP contribution in [0.2, 0.25) is 0 Å². The average Bonchev–Trinajstić information content (AvgIpc) is 2.57. The molecule has 1 aromatic carbocycles. The second kappa shape index (κ2) is 7.25. The maximum absolute atomic E-state index is 3.49. The van der Waals surface area contributed by atoms with Crippen molar-refractivity contribution in [2.75, 3.05) is 19.6 Å². The van der Waals surface area contributed by atoms with Crippen LogP contribution in [0.4, 0.5) is 0 Å². The highest BCUT2D eigenvalue weighted by Crippen LogP contribution is 2.21. The molecule has 2 rings (SSSR count). The molecule has 0 spiro atoms. The van der Waals surface area contributed by atoms with Gasteiger partial charge in [-0.15, -0.1) is 0 Å². The van der Waals surface area contributed by atoms with Crippen molar-refractivity contribution in [3.05, 3.63) is 39.9 Å². The van der Waals surface area contributed by atoms with Crippen LogP contribution < -0.4 is 0 Å². The Labute approximate surface area is 125 Å². The zero-order valence-electron chi connectivity index (χ0n) is 12.0. The van der Waals surface area contributed by atoms with Gasteiger partial charge in [-0.05, 0) is 49.4 Å². The lowest BCUT2D eigenvalue weighted by atomic mass is 10.0. The summed E-state index contributed by atoms with van der Waals surface area (Å²) in [5.41, 5.74) is 2.93. The molecule has 0 bridgehead atoms. The lowest BCUT2D eigenvalue weighted by Gasteiger charge is -2.21. The van der Waals surface area contributed by atoms with Gasteiger partial charge in [-0.2, -0.15) is 0 Å². The fraction of sp³-hybridized carbons (Fsp3) is 0.529. The van der Waals surface area contributed by atoms with E-state index in [4.69, 9.17) is 0 Å². The van der Waals surface area contributed by atoms with Gasteiger partial charge in [0.2, 0.25) is 0 Å². The van der Waals surface area contributed by atoms with Crippen LogP contribution in [0.15, 0.2) is 34.3 Å². The van der Waals surface area contributed by atoms with E-state index in [9.17, 15) is 0 Å². The predicted octanol–water partition coefficient (Wildman–Crippen LogP) is 4.97. The first-order valence-electron chi connectivity index (χ1n) is 7.31. The Bertz CT molecular complexity index is 419. The summed E-state index contributed by atoms with van der Waals surface area (Å²) in [6.45, 7) is 8.34. The van der Waals surface area contributed by atoms with E-state index in [1.54, 1.807) is 5.57 Å². The highest BCUT2D eigenvalue weighted by Gasteiger charge is 2.12. The molecule has 1 heterocycles. The van der Waals surface area contributed by atoms with Crippen molar-refractivity contribution in [3.8, 4) is 0 Å². The van der Waals surface area contributed by atoms with Crippen LogP contribution in [0.3, 0.4) is 0 Å². The molecule has 0 aromatic heterocycles. The predicted molar refractivity (Wildman–Crippen MR) is 87.2 cm³/mol. The fourth-order valence-corrected chi connectivity index (χ4v) is 2.97. The van der Waals surface area contributed by atoms with Crippen LogP contribution in [0.25, 0.3) is 6.08 Å². The third-order valence-corrected chi connectivity index (χ3v) is 4.11. The van der Waals surface area contributed by atoms with Crippen molar-refractivity contribution in [3.63, 3.8) is 0 Å². The largest absolute Gasteiger partial charge is 0.303 e. The van der Waals surface area contributed by atoms with E-state index >= 15 is 0 Å². The Kier molecular flexibility index (Phi) is 5.65. The molecular weight excluding hydrogens is 298 g/mol. The van der Waals surface area contributed by atoms with Crippen LogP contribution >= 0.6 is 15.9 Å². The van der Waals surface area contributed by atoms with Gasteiger partial charge in [0.1, 0.15) is 0 Å². The lowest BCUT2D eigenvalue weighted by Crippen LogP contribution is -2.28. The summed E-state index contributed by atoms with van der Waals surface area (Å²) in [5.74, 6) is 0.775. The summed E-state index contributed by atoms with van der Waals surface area (Å²) in [7, 11) is 0. The van der Waals surface area contributed by atoms with E-state index in [0.29, 0.717) is 0 Å². The zero-order valence-corrected chi connectivity index (χ0v) is 13.6. The second-order valence-corrected chi connectivity index (χ2v) is 6.82. The van der Waals surface area contributed by atoms with Gasteiger partial charge in [-0.25, -0.2) is 0 Å². The molecule has 1 nitrogen and oxygen atoms in total. The average molecular weight is 322 g/mol. The van der Waals surface area contributed by atoms with Crippen LogP contribution in [-0.2, 0) is 0 Å². The van der Waals surface area contributed by atoms with Gasteiger partial charge < -0.3 is 4.90 Å². The van der Waals surface area contributed by atoms with Crippen LogP contribution in [0.5, 0.6) is 0 Å². The summed E-state index contributed by atoms with van der Waals surface area (Å²) in [5, 5.41) is 0.